The molecular weight excluding hydrogens is 298 g/mol. The summed E-state index contributed by atoms with van der Waals surface area (Å²) in [6.45, 7) is 1.76. The molecular formula is C9H12ClN3O3S2. The van der Waals surface area contributed by atoms with E-state index in [1.165, 1.54) is 0 Å². The first-order valence-corrected chi connectivity index (χ1v) is 7.88. The van der Waals surface area contributed by atoms with E-state index in [4.69, 9.17) is 28.3 Å². The number of anilines is 1. The van der Waals surface area contributed by atoms with Crippen LogP contribution in [0.2, 0.25) is 0 Å². The highest BCUT2D eigenvalue weighted by atomic mass is 35.5. The molecule has 0 bridgehead atoms. The highest BCUT2D eigenvalue weighted by Crippen LogP contribution is 2.18. The fourth-order valence-corrected chi connectivity index (χ4v) is 4.49. The van der Waals surface area contributed by atoms with Gasteiger partial charge in [-0.25, -0.2) is 8.42 Å². The van der Waals surface area contributed by atoms with Crippen molar-refractivity contribution in [1.29, 1.82) is 0 Å². The SMILES string of the molecule is Cc1cc(NC(=S)N[C@@H]2CS(=O)(=O)C[C@H]2Cl)no1. The summed E-state index contributed by atoms with van der Waals surface area (Å²) in [6.07, 6.45) is 0. The second kappa shape index (κ2) is 5.02. The molecule has 2 N–H and O–H groups in total. The molecule has 6 nitrogen and oxygen atoms in total. The van der Waals surface area contributed by atoms with Crippen LogP contribution in [0.3, 0.4) is 0 Å². The molecule has 0 radical (unpaired) electrons. The van der Waals surface area contributed by atoms with Crippen molar-refractivity contribution in [3.05, 3.63) is 11.8 Å². The Morgan fingerprint density at radius 2 is 2.33 bits per heavy atom. The monoisotopic (exact) mass is 309 g/mol. The van der Waals surface area contributed by atoms with Crippen LogP contribution in [0.15, 0.2) is 10.6 Å². The largest absolute Gasteiger partial charge is 0.360 e. The Morgan fingerprint density at radius 3 is 2.83 bits per heavy atom. The molecule has 0 amide bonds. The van der Waals surface area contributed by atoms with Crippen LogP contribution in [0.1, 0.15) is 5.76 Å². The van der Waals surface area contributed by atoms with Crippen molar-refractivity contribution in [1.82, 2.24) is 10.5 Å². The smallest absolute Gasteiger partial charge is 0.175 e. The lowest BCUT2D eigenvalue weighted by Crippen LogP contribution is -2.42. The number of aromatic nitrogens is 1. The summed E-state index contributed by atoms with van der Waals surface area (Å²) >= 11 is 11.0. The van der Waals surface area contributed by atoms with Crippen LogP contribution in [-0.4, -0.2) is 41.6 Å². The topological polar surface area (TPSA) is 84.2 Å². The molecule has 2 heterocycles. The van der Waals surface area contributed by atoms with Crippen molar-refractivity contribution in [2.75, 3.05) is 16.8 Å². The van der Waals surface area contributed by atoms with Gasteiger partial charge in [-0.05, 0) is 19.1 Å². The number of sulfone groups is 1. The number of nitrogens with one attached hydrogen (secondary N) is 2. The molecule has 1 aromatic heterocycles. The average Bonchev–Trinajstić information content (AvgIpc) is 2.71. The molecule has 9 heteroatoms. The molecule has 0 unspecified atom stereocenters. The normalized spacial score (nSPS) is 25.9. The third-order valence-corrected chi connectivity index (χ3v) is 5.06. The number of nitrogens with zero attached hydrogens (tertiary/aromatic N) is 1. The maximum absolute atomic E-state index is 11.4. The number of thiocarbonyl (C=S) groups is 1. The molecule has 0 aliphatic carbocycles. The number of halogens is 1. The quantitative estimate of drug-likeness (QED) is 0.613. The second-order valence-corrected chi connectivity index (χ2v) is 7.24. The number of aryl methyl sites for hydroxylation is 1. The maximum atomic E-state index is 11.4. The van der Waals surface area contributed by atoms with E-state index in [1.807, 2.05) is 0 Å². The van der Waals surface area contributed by atoms with Crippen LogP contribution in [0.4, 0.5) is 5.82 Å². The summed E-state index contributed by atoms with van der Waals surface area (Å²) in [5.41, 5.74) is 0. The predicted octanol–water partition coefficient (Wildman–Crippen LogP) is 0.674. The van der Waals surface area contributed by atoms with Crippen LogP contribution in [0.25, 0.3) is 0 Å². The zero-order valence-electron chi connectivity index (χ0n) is 9.51. The van der Waals surface area contributed by atoms with Crippen molar-refractivity contribution < 1.29 is 12.9 Å². The summed E-state index contributed by atoms with van der Waals surface area (Å²) < 4.78 is 27.6. The molecule has 1 saturated heterocycles. The van der Waals surface area contributed by atoms with E-state index in [-0.39, 0.29) is 22.7 Å². The van der Waals surface area contributed by atoms with Crippen molar-refractivity contribution >= 4 is 44.6 Å². The summed E-state index contributed by atoms with van der Waals surface area (Å²) in [6, 6.07) is 1.29. The zero-order valence-corrected chi connectivity index (χ0v) is 11.9. The van der Waals surface area contributed by atoms with Gasteiger partial charge in [-0.1, -0.05) is 5.16 Å². The van der Waals surface area contributed by atoms with E-state index in [1.54, 1.807) is 13.0 Å². The van der Waals surface area contributed by atoms with Gasteiger partial charge in [-0.3, -0.25) is 0 Å². The van der Waals surface area contributed by atoms with Gasteiger partial charge in [-0.2, -0.15) is 0 Å². The summed E-state index contributed by atoms with van der Waals surface area (Å²) in [5, 5.41) is 9.18. The lowest BCUT2D eigenvalue weighted by atomic mass is 10.2. The third kappa shape index (κ3) is 3.33. The van der Waals surface area contributed by atoms with Crippen LogP contribution < -0.4 is 10.6 Å². The first-order chi connectivity index (χ1) is 8.35. The van der Waals surface area contributed by atoms with E-state index >= 15 is 0 Å². The number of alkyl halides is 1. The van der Waals surface area contributed by atoms with Crippen molar-refractivity contribution in [3.8, 4) is 0 Å². The minimum absolute atomic E-state index is 0.0131. The maximum Gasteiger partial charge on any atom is 0.175 e. The Bertz CT molecular complexity index is 557. The average molecular weight is 310 g/mol. The van der Waals surface area contributed by atoms with Crippen LogP contribution in [-0.2, 0) is 9.84 Å². The minimum atomic E-state index is -3.08. The number of hydrogen-bond acceptors (Lipinski definition) is 5. The highest BCUT2D eigenvalue weighted by Gasteiger charge is 2.36. The van der Waals surface area contributed by atoms with Gasteiger partial charge < -0.3 is 15.2 Å². The Kier molecular flexibility index (Phi) is 3.79. The molecule has 1 aliphatic rings. The molecule has 100 valence electrons. The van der Waals surface area contributed by atoms with Crippen molar-refractivity contribution in [3.63, 3.8) is 0 Å². The van der Waals surface area contributed by atoms with E-state index in [9.17, 15) is 8.42 Å². The third-order valence-electron chi connectivity index (χ3n) is 2.47. The van der Waals surface area contributed by atoms with Crippen LogP contribution in [0, 0.1) is 6.92 Å². The first-order valence-electron chi connectivity index (χ1n) is 5.21. The van der Waals surface area contributed by atoms with Crippen molar-refractivity contribution in [2.45, 2.75) is 18.3 Å². The molecule has 1 aromatic rings. The van der Waals surface area contributed by atoms with Gasteiger partial charge in [0.1, 0.15) is 5.76 Å². The predicted molar refractivity (Wildman–Crippen MR) is 72.7 cm³/mol. The summed E-state index contributed by atoms with van der Waals surface area (Å²) in [4.78, 5) is 0. The van der Waals surface area contributed by atoms with E-state index in [2.05, 4.69) is 15.8 Å². The van der Waals surface area contributed by atoms with E-state index < -0.39 is 15.2 Å². The lowest BCUT2D eigenvalue weighted by Gasteiger charge is -2.16. The molecule has 1 aliphatic heterocycles. The molecule has 0 spiro atoms. The fraction of sp³-hybridized carbons (Fsp3) is 0.556. The van der Waals surface area contributed by atoms with E-state index in [0.717, 1.165) is 0 Å². The standard InChI is InChI=1S/C9H12ClN3O3S2/c1-5-2-8(13-16-5)12-9(17)11-7-4-18(14,15)3-6(7)10/h2,6-7H,3-4H2,1H3,(H2,11,12,13,17)/t6-,7-/m1/s1. The van der Waals surface area contributed by atoms with Gasteiger partial charge in [0.25, 0.3) is 0 Å². The Hall–Kier alpha value is -0.860. The van der Waals surface area contributed by atoms with Gasteiger partial charge in [0.2, 0.25) is 0 Å². The van der Waals surface area contributed by atoms with E-state index in [0.29, 0.717) is 11.6 Å². The van der Waals surface area contributed by atoms with Crippen molar-refractivity contribution in [2.24, 2.45) is 0 Å². The lowest BCUT2D eigenvalue weighted by molar-refractivity contribution is 0.400. The zero-order chi connectivity index (χ0) is 13.3. The molecule has 18 heavy (non-hydrogen) atoms. The second-order valence-electron chi connectivity index (χ2n) is 4.12. The van der Waals surface area contributed by atoms with Gasteiger partial charge in [0.05, 0.1) is 22.9 Å². The summed E-state index contributed by atoms with van der Waals surface area (Å²) in [7, 11) is -3.08. The molecule has 1 fully saturated rings. The fourth-order valence-electron chi connectivity index (χ4n) is 1.68. The summed E-state index contributed by atoms with van der Waals surface area (Å²) in [5.74, 6) is 1.08. The van der Waals surface area contributed by atoms with Crippen LogP contribution >= 0.6 is 23.8 Å². The molecule has 0 aromatic carbocycles. The highest BCUT2D eigenvalue weighted by molar-refractivity contribution is 7.91. The Morgan fingerprint density at radius 1 is 1.61 bits per heavy atom. The molecule has 0 saturated carbocycles. The molecule has 2 rings (SSSR count). The Labute approximate surface area is 115 Å². The van der Waals surface area contributed by atoms with Crippen LogP contribution in [0.5, 0.6) is 0 Å². The van der Waals surface area contributed by atoms with Gasteiger partial charge in [-0.15, -0.1) is 11.6 Å². The number of hydrogen-bond donors (Lipinski definition) is 2. The number of rotatable bonds is 2. The minimum Gasteiger partial charge on any atom is -0.360 e. The first kappa shape index (κ1) is 13.6. The van der Waals surface area contributed by atoms with Gasteiger partial charge >= 0.3 is 0 Å². The molecule has 2 atom stereocenters. The van der Waals surface area contributed by atoms with Gasteiger partial charge in [0.15, 0.2) is 20.8 Å². The van der Waals surface area contributed by atoms with Gasteiger partial charge in [0, 0.05) is 6.07 Å². The Balaban J connectivity index is 1.92.